The average Bonchev–Trinajstić information content (AvgIpc) is 3.65. The summed E-state index contributed by atoms with van der Waals surface area (Å²) in [5, 5.41) is 13.4. The van der Waals surface area contributed by atoms with E-state index in [-0.39, 0.29) is 31.7 Å². The Balaban J connectivity index is 0.00000253. The van der Waals surface area contributed by atoms with E-state index >= 15 is 0 Å². The quantitative estimate of drug-likeness (QED) is 0.277. The van der Waals surface area contributed by atoms with Crippen molar-refractivity contribution in [3.63, 3.8) is 0 Å². The fourth-order valence-corrected chi connectivity index (χ4v) is 5.18. The van der Waals surface area contributed by atoms with Gasteiger partial charge >= 0.3 is 6.03 Å². The molecule has 36 heavy (non-hydrogen) atoms. The van der Waals surface area contributed by atoms with Gasteiger partial charge in [-0.3, -0.25) is 4.90 Å². The SMILES string of the molecule is CNC(=O)N(N=N)c1cc(Nc2ncc(F)c(NC3CC(C)(C)N(C)C(C)(C)C3)n2)ccc1C1CC1.[HH].[HH]. The highest BCUT2D eigenvalue weighted by Crippen LogP contribution is 2.45. The maximum absolute atomic E-state index is 14.7. The van der Waals surface area contributed by atoms with Gasteiger partial charge in [-0.1, -0.05) is 11.3 Å². The number of anilines is 4. The molecule has 1 saturated heterocycles. The highest BCUT2D eigenvalue weighted by Gasteiger charge is 2.43. The van der Waals surface area contributed by atoms with Crippen LogP contribution in [-0.4, -0.2) is 52.1 Å². The molecule has 2 amide bonds. The van der Waals surface area contributed by atoms with Crippen LogP contribution in [0.4, 0.5) is 32.3 Å². The minimum Gasteiger partial charge on any atom is -0.365 e. The Bertz CT molecular complexity index is 1140. The first-order valence-electron chi connectivity index (χ1n) is 12.3. The summed E-state index contributed by atoms with van der Waals surface area (Å²) >= 11 is 0. The van der Waals surface area contributed by atoms with Gasteiger partial charge in [-0.15, -0.1) is 0 Å². The second-order valence-electron chi connectivity index (χ2n) is 11.0. The molecule has 1 aromatic carbocycles. The molecule has 198 valence electrons. The van der Waals surface area contributed by atoms with Gasteiger partial charge in [-0.05, 0) is 84.0 Å². The molecule has 1 aromatic heterocycles. The van der Waals surface area contributed by atoms with Crippen LogP contribution in [0.1, 0.15) is 67.7 Å². The van der Waals surface area contributed by atoms with Gasteiger partial charge in [0.2, 0.25) is 5.95 Å². The summed E-state index contributed by atoms with van der Waals surface area (Å²) < 4.78 is 14.7. The van der Waals surface area contributed by atoms with E-state index in [0.717, 1.165) is 42.5 Å². The zero-order valence-corrected chi connectivity index (χ0v) is 21.8. The fourth-order valence-electron chi connectivity index (χ4n) is 5.18. The van der Waals surface area contributed by atoms with Crippen molar-refractivity contribution in [1.82, 2.24) is 20.2 Å². The highest BCUT2D eigenvalue weighted by molar-refractivity contribution is 5.92. The Labute approximate surface area is 214 Å². The van der Waals surface area contributed by atoms with Gasteiger partial charge in [0.25, 0.3) is 0 Å². The van der Waals surface area contributed by atoms with E-state index in [1.807, 2.05) is 12.1 Å². The lowest BCUT2D eigenvalue weighted by Crippen LogP contribution is -2.61. The molecule has 0 atom stereocenters. The zero-order valence-electron chi connectivity index (χ0n) is 21.8. The van der Waals surface area contributed by atoms with Crippen LogP contribution in [0, 0.1) is 11.3 Å². The van der Waals surface area contributed by atoms with Crippen molar-refractivity contribution >= 4 is 29.2 Å². The van der Waals surface area contributed by atoms with Crippen molar-refractivity contribution in [2.24, 2.45) is 5.22 Å². The van der Waals surface area contributed by atoms with Crippen LogP contribution in [-0.2, 0) is 0 Å². The number of carbonyl (C=O) groups excluding carboxylic acids is 1. The van der Waals surface area contributed by atoms with Crippen molar-refractivity contribution in [2.75, 3.05) is 29.7 Å². The van der Waals surface area contributed by atoms with Gasteiger partial charge in [0, 0.05) is 32.7 Å². The summed E-state index contributed by atoms with van der Waals surface area (Å²) in [7, 11) is 3.62. The Morgan fingerprint density at radius 2 is 1.92 bits per heavy atom. The summed E-state index contributed by atoms with van der Waals surface area (Å²) in [5.74, 6) is 0.198. The lowest BCUT2D eigenvalue weighted by Gasteiger charge is -2.53. The van der Waals surface area contributed by atoms with E-state index in [1.54, 1.807) is 6.07 Å². The maximum Gasteiger partial charge on any atom is 0.343 e. The highest BCUT2D eigenvalue weighted by atomic mass is 19.1. The van der Waals surface area contributed by atoms with E-state index in [1.165, 1.54) is 7.05 Å². The van der Waals surface area contributed by atoms with Gasteiger partial charge in [-0.2, -0.15) is 15.5 Å². The lowest BCUT2D eigenvalue weighted by atomic mass is 9.77. The molecule has 0 unspecified atom stereocenters. The Kier molecular flexibility index (Phi) is 6.87. The van der Waals surface area contributed by atoms with Gasteiger partial charge in [-0.25, -0.2) is 14.2 Å². The normalized spacial score (nSPS) is 19.4. The largest absolute Gasteiger partial charge is 0.365 e. The Morgan fingerprint density at radius 1 is 1.25 bits per heavy atom. The van der Waals surface area contributed by atoms with E-state index in [9.17, 15) is 9.18 Å². The van der Waals surface area contributed by atoms with E-state index in [4.69, 9.17) is 5.53 Å². The number of rotatable bonds is 7. The van der Waals surface area contributed by atoms with Gasteiger partial charge in [0.1, 0.15) is 0 Å². The number of carbonyl (C=O) groups is 1. The van der Waals surface area contributed by atoms with Crippen molar-refractivity contribution in [3.05, 3.63) is 35.8 Å². The number of halogens is 1. The van der Waals surface area contributed by atoms with Crippen LogP contribution in [0.2, 0.25) is 0 Å². The van der Waals surface area contributed by atoms with Crippen LogP contribution in [0.5, 0.6) is 0 Å². The first-order chi connectivity index (χ1) is 16.9. The number of nitrogens with one attached hydrogen (secondary N) is 4. The van der Waals surface area contributed by atoms with Gasteiger partial charge in [0.05, 0.1) is 11.9 Å². The number of likely N-dealkylation sites (tertiary alicyclic amines) is 1. The predicted octanol–water partition coefficient (Wildman–Crippen LogP) is 5.88. The molecule has 2 aromatic rings. The molecule has 0 spiro atoms. The van der Waals surface area contributed by atoms with Crippen LogP contribution in [0.3, 0.4) is 0 Å². The van der Waals surface area contributed by atoms with Crippen molar-refractivity contribution < 1.29 is 12.0 Å². The standard InChI is InChI=1S/C25H36FN9O.2H2/c1-24(2)12-17(13-25(3,4)34(24)6)30-21-19(26)14-29-22(32-21)31-16-9-10-18(15-7-8-15)20(11-16)35(33-27)23(36)28-5;;/h9-11,14-15,17,27H,7-8,12-13H2,1-6H3,(H,28,36)(H2,29,30,31,32);2*1H. The van der Waals surface area contributed by atoms with E-state index in [0.29, 0.717) is 17.3 Å². The summed E-state index contributed by atoms with van der Waals surface area (Å²) in [6, 6.07) is 5.07. The maximum atomic E-state index is 14.7. The molecule has 1 aliphatic heterocycles. The summed E-state index contributed by atoms with van der Waals surface area (Å²) in [5.41, 5.74) is 9.49. The molecule has 2 heterocycles. The van der Waals surface area contributed by atoms with Gasteiger partial charge in [0.15, 0.2) is 11.6 Å². The summed E-state index contributed by atoms with van der Waals surface area (Å²) in [6.45, 7) is 8.78. The molecule has 11 heteroatoms. The molecular formula is C25H40FN9O. The molecule has 1 aliphatic carbocycles. The molecule has 10 nitrogen and oxygen atoms in total. The smallest absolute Gasteiger partial charge is 0.343 e. The zero-order chi connectivity index (χ0) is 26.3. The average molecular weight is 502 g/mol. The monoisotopic (exact) mass is 501 g/mol. The number of amides is 2. The van der Waals surface area contributed by atoms with Gasteiger partial charge < -0.3 is 16.0 Å². The molecule has 2 aliphatic rings. The third-order valence-corrected chi connectivity index (χ3v) is 7.43. The number of hydrogen-bond acceptors (Lipinski definition) is 8. The third kappa shape index (κ3) is 5.25. The Hall–Kier alpha value is -3.34. The number of hydrogen-bond donors (Lipinski definition) is 4. The molecule has 4 rings (SSSR count). The van der Waals surface area contributed by atoms with E-state index in [2.05, 4.69) is 70.8 Å². The Morgan fingerprint density at radius 3 is 2.50 bits per heavy atom. The molecular weight excluding hydrogens is 461 g/mol. The lowest BCUT2D eigenvalue weighted by molar-refractivity contribution is -0.00778. The number of nitrogens with zero attached hydrogens (tertiary/aromatic N) is 5. The summed E-state index contributed by atoms with van der Waals surface area (Å²) in [6.07, 6.45) is 4.90. The van der Waals surface area contributed by atoms with Crippen molar-refractivity contribution in [2.45, 2.75) is 76.4 Å². The second kappa shape index (κ2) is 9.61. The van der Waals surface area contributed by atoms with Crippen LogP contribution in [0.15, 0.2) is 29.6 Å². The fraction of sp³-hybridized carbons (Fsp3) is 0.560. The minimum absolute atomic E-state index is 0. The minimum atomic E-state index is -0.515. The van der Waals surface area contributed by atoms with Crippen molar-refractivity contribution in [1.29, 1.82) is 5.53 Å². The topological polar surface area (TPSA) is 122 Å². The number of piperidine rings is 1. The molecule has 1 saturated carbocycles. The van der Waals surface area contributed by atoms with Crippen LogP contribution in [0.25, 0.3) is 0 Å². The number of urea groups is 1. The molecule has 4 N–H and O–H groups in total. The molecule has 0 bridgehead atoms. The van der Waals surface area contributed by atoms with Crippen LogP contribution < -0.4 is 21.0 Å². The van der Waals surface area contributed by atoms with E-state index < -0.39 is 11.8 Å². The van der Waals surface area contributed by atoms with Crippen LogP contribution >= 0.6 is 0 Å². The first-order valence-corrected chi connectivity index (χ1v) is 12.3. The molecule has 2 fully saturated rings. The number of aromatic nitrogens is 2. The summed E-state index contributed by atoms with van der Waals surface area (Å²) in [4.78, 5) is 23.2. The van der Waals surface area contributed by atoms with Crippen molar-refractivity contribution in [3.8, 4) is 0 Å². The number of benzene rings is 1. The second-order valence-corrected chi connectivity index (χ2v) is 11.0. The predicted molar refractivity (Wildman–Crippen MR) is 143 cm³/mol. The first kappa shape index (κ1) is 25.7. The third-order valence-electron chi connectivity index (χ3n) is 7.43. The molecule has 0 radical (unpaired) electrons.